The molecule has 19 heavy (non-hydrogen) atoms. The third-order valence-electron chi connectivity index (χ3n) is 2.59. The molecule has 0 aliphatic carbocycles. The lowest BCUT2D eigenvalue weighted by molar-refractivity contribution is 0.0701. The Labute approximate surface area is 115 Å². The summed E-state index contributed by atoms with van der Waals surface area (Å²) in [5.74, 6) is -0.158. The Morgan fingerprint density at radius 3 is 2.42 bits per heavy atom. The first-order valence-corrected chi connectivity index (χ1v) is 6.68. The summed E-state index contributed by atoms with van der Waals surface area (Å²) in [6, 6.07) is 5.97. The molecule has 0 fully saturated rings. The number of hydrogen-bond acceptors (Lipinski definition) is 4. The number of benzene rings is 1. The van der Waals surface area contributed by atoms with Gasteiger partial charge in [0.1, 0.15) is 22.2 Å². The summed E-state index contributed by atoms with van der Waals surface area (Å²) in [4.78, 5) is 15.4. The van der Waals surface area contributed by atoms with Gasteiger partial charge < -0.3 is 9.84 Å². The van der Waals surface area contributed by atoms with Gasteiger partial charge in [0.2, 0.25) is 0 Å². The molecule has 4 nitrogen and oxygen atoms in total. The van der Waals surface area contributed by atoms with Gasteiger partial charge in [-0.15, -0.1) is 11.3 Å². The van der Waals surface area contributed by atoms with Crippen molar-refractivity contribution >= 4 is 17.3 Å². The van der Waals surface area contributed by atoms with Gasteiger partial charge in [0.15, 0.2) is 0 Å². The third-order valence-corrected chi connectivity index (χ3v) is 3.71. The minimum Gasteiger partial charge on any atom is -0.486 e. The maximum Gasteiger partial charge on any atom is 0.347 e. The summed E-state index contributed by atoms with van der Waals surface area (Å²) in [5, 5.41) is 9.64. The predicted molar refractivity (Wildman–Crippen MR) is 74.1 cm³/mol. The van der Waals surface area contributed by atoms with E-state index in [-0.39, 0.29) is 4.88 Å². The van der Waals surface area contributed by atoms with E-state index in [0.717, 1.165) is 28.2 Å². The number of aromatic carboxylic acids is 1. The Kier molecular flexibility index (Phi) is 3.85. The van der Waals surface area contributed by atoms with Crippen molar-refractivity contribution in [1.29, 1.82) is 0 Å². The fraction of sp³-hybridized carbons (Fsp3) is 0.286. The minimum atomic E-state index is -0.937. The average molecular weight is 277 g/mol. The van der Waals surface area contributed by atoms with Crippen molar-refractivity contribution in [2.45, 2.75) is 27.4 Å². The van der Waals surface area contributed by atoms with Crippen LogP contribution in [0.3, 0.4) is 0 Å². The van der Waals surface area contributed by atoms with E-state index < -0.39 is 5.97 Å². The van der Waals surface area contributed by atoms with Crippen LogP contribution >= 0.6 is 11.3 Å². The fourth-order valence-corrected chi connectivity index (χ4v) is 2.69. The molecule has 2 aromatic rings. The van der Waals surface area contributed by atoms with Crippen molar-refractivity contribution in [2.24, 2.45) is 0 Å². The van der Waals surface area contributed by atoms with Gasteiger partial charge in [-0.2, -0.15) is 0 Å². The number of aromatic nitrogens is 1. The number of nitrogens with zero attached hydrogens (tertiary/aromatic N) is 1. The molecule has 1 N–H and O–H groups in total. The van der Waals surface area contributed by atoms with Gasteiger partial charge in [-0.25, -0.2) is 9.78 Å². The second-order valence-corrected chi connectivity index (χ2v) is 5.52. The Morgan fingerprint density at radius 1 is 1.26 bits per heavy atom. The number of rotatable bonds is 4. The van der Waals surface area contributed by atoms with Crippen LogP contribution in [0, 0.1) is 20.8 Å². The van der Waals surface area contributed by atoms with Crippen LogP contribution in [-0.2, 0) is 6.61 Å². The predicted octanol–water partition coefficient (Wildman–Crippen LogP) is 3.35. The van der Waals surface area contributed by atoms with Gasteiger partial charge in [-0.05, 0) is 44.0 Å². The highest BCUT2D eigenvalue weighted by molar-refractivity contribution is 7.13. The van der Waals surface area contributed by atoms with Gasteiger partial charge in [0.05, 0.1) is 5.69 Å². The Morgan fingerprint density at radius 2 is 1.89 bits per heavy atom. The normalized spacial score (nSPS) is 10.5. The Hall–Kier alpha value is -1.88. The second kappa shape index (κ2) is 5.40. The molecule has 1 aromatic heterocycles. The van der Waals surface area contributed by atoms with Crippen molar-refractivity contribution in [3.63, 3.8) is 0 Å². The van der Waals surface area contributed by atoms with Gasteiger partial charge in [0.25, 0.3) is 0 Å². The summed E-state index contributed by atoms with van der Waals surface area (Å²) < 4.78 is 5.66. The van der Waals surface area contributed by atoms with Crippen molar-refractivity contribution in [1.82, 2.24) is 4.98 Å². The van der Waals surface area contributed by atoms with E-state index in [1.54, 1.807) is 6.92 Å². The summed E-state index contributed by atoms with van der Waals surface area (Å²) in [7, 11) is 0. The number of aryl methyl sites for hydroxylation is 3. The molecule has 0 atom stereocenters. The minimum absolute atomic E-state index is 0.277. The first-order chi connectivity index (χ1) is 8.95. The monoisotopic (exact) mass is 277 g/mol. The summed E-state index contributed by atoms with van der Waals surface area (Å²) in [6.45, 7) is 6.01. The van der Waals surface area contributed by atoms with Gasteiger partial charge in [-0.3, -0.25) is 0 Å². The average Bonchev–Trinajstić information content (AvgIpc) is 2.67. The number of thiazole rings is 1. The number of carbonyl (C=O) groups is 1. The molecule has 100 valence electrons. The molecule has 0 radical (unpaired) electrons. The molecule has 0 saturated heterocycles. The quantitative estimate of drug-likeness (QED) is 0.931. The summed E-state index contributed by atoms with van der Waals surface area (Å²) >= 11 is 1.16. The molecule has 0 saturated carbocycles. The van der Waals surface area contributed by atoms with E-state index in [1.165, 1.54) is 0 Å². The maximum absolute atomic E-state index is 10.9. The molecule has 0 unspecified atom stereocenters. The number of carboxylic acid groups (broad SMARTS) is 1. The van der Waals surface area contributed by atoms with Crippen LogP contribution in [0.15, 0.2) is 18.2 Å². The lowest BCUT2D eigenvalue weighted by Crippen LogP contribution is -1.95. The highest BCUT2D eigenvalue weighted by Crippen LogP contribution is 2.21. The standard InChI is InChI=1S/C14H15NO3S/c1-8-4-9(2)6-11(5-8)18-7-12-15-10(3)13(19-12)14(16)17/h4-6H,7H2,1-3H3,(H,16,17). The smallest absolute Gasteiger partial charge is 0.347 e. The van der Waals surface area contributed by atoms with Gasteiger partial charge >= 0.3 is 5.97 Å². The van der Waals surface area contributed by atoms with Crippen LogP contribution in [0.4, 0.5) is 0 Å². The lowest BCUT2D eigenvalue weighted by Gasteiger charge is -2.06. The lowest BCUT2D eigenvalue weighted by atomic mass is 10.1. The molecule has 0 aliphatic rings. The van der Waals surface area contributed by atoms with E-state index in [0.29, 0.717) is 17.3 Å². The molecule has 5 heteroatoms. The Balaban J connectivity index is 2.10. The van der Waals surface area contributed by atoms with E-state index in [1.807, 2.05) is 26.0 Å². The zero-order valence-electron chi connectivity index (χ0n) is 11.1. The van der Waals surface area contributed by atoms with Crippen molar-refractivity contribution in [3.05, 3.63) is 44.9 Å². The maximum atomic E-state index is 10.9. The molecule has 0 bridgehead atoms. The van der Waals surface area contributed by atoms with E-state index in [9.17, 15) is 4.79 Å². The number of hydrogen-bond donors (Lipinski definition) is 1. The fourth-order valence-electron chi connectivity index (χ4n) is 1.87. The van der Waals surface area contributed by atoms with Crippen molar-refractivity contribution in [3.8, 4) is 5.75 Å². The largest absolute Gasteiger partial charge is 0.486 e. The molecule has 2 rings (SSSR count). The topological polar surface area (TPSA) is 59.4 Å². The van der Waals surface area contributed by atoms with Crippen molar-refractivity contribution in [2.75, 3.05) is 0 Å². The van der Waals surface area contributed by atoms with Crippen LogP contribution in [0.2, 0.25) is 0 Å². The Bertz CT molecular complexity index is 599. The molecule has 1 aromatic carbocycles. The molecule has 0 aliphatic heterocycles. The van der Waals surface area contributed by atoms with E-state index in [2.05, 4.69) is 11.1 Å². The zero-order valence-corrected chi connectivity index (χ0v) is 11.9. The SMILES string of the molecule is Cc1cc(C)cc(OCc2nc(C)c(C(=O)O)s2)c1. The molecular formula is C14H15NO3S. The van der Waals surface area contributed by atoms with Gasteiger partial charge in [-0.1, -0.05) is 6.07 Å². The highest BCUT2D eigenvalue weighted by atomic mass is 32.1. The molecule has 0 amide bonds. The third kappa shape index (κ3) is 3.32. The zero-order chi connectivity index (χ0) is 14.0. The van der Waals surface area contributed by atoms with Gasteiger partial charge in [0, 0.05) is 0 Å². The van der Waals surface area contributed by atoms with Crippen LogP contribution in [0.5, 0.6) is 5.75 Å². The van der Waals surface area contributed by atoms with E-state index in [4.69, 9.17) is 9.84 Å². The number of ether oxygens (including phenoxy) is 1. The highest BCUT2D eigenvalue weighted by Gasteiger charge is 2.14. The van der Waals surface area contributed by atoms with Crippen LogP contribution in [-0.4, -0.2) is 16.1 Å². The molecule has 1 heterocycles. The summed E-state index contributed by atoms with van der Waals surface area (Å²) in [6.07, 6.45) is 0. The molecular weight excluding hydrogens is 262 g/mol. The summed E-state index contributed by atoms with van der Waals surface area (Å²) in [5.41, 5.74) is 2.81. The van der Waals surface area contributed by atoms with Crippen molar-refractivity contribution < 1.29 is 14.6 Å². The number of carboxylic acids is 1. The van der Waals surface area contributed by atoms with E-state index >= 15 is 0 Å². The first kappa shape index (κ1) is 13.5. The first-order valence-electron chi connectivity index (χ1n) is 5.86. The molecule has 0 spiro atoms. The van der Waals surface area contributed by atoms with Crippen LogP contribution in [0.1, 0.15) is 31.5 Å². The second-order valence-electron chi connectivity index (χ2n) is 4.44. The van der Waals surface area contributed by atoms with Crippen LogP contribution in [0.25, 0.3) is 0 Å². The van der Waals surface area contributed by atoms with Crippen LogP contribution < -0.4 is 4.74 Å².